The van der Waals surface area contributed by atoms with Gasteiger partial charge < -0.3 is 10.0 Å². The van der Waals surface area contributed by atoms with E-state index in [1.54, 1.807) is 29.3 Å². The molecule has 5 heteroatoms. The van der Waals surface area contributed by atoms with Crippen LogP contribution in [0.1, 0.15) is 61.9 Å². The monoisotopic (exact) mass is 390 g/mol. The number of aromatic nitrogens is 1. The van der Waals surface area contributed by atoms with Gasteiger partial charge in [-0.05, 0) is 37.0 Å². The number of carbonyl (C=O) groups excluding carboxylic acids is 2. The molecule has 0 bridgehead atoms. The van der Waals surface area contributed by atoms with Crippen LogP contribution >= 0.6 is 0 Å². The van der Waals surface area contributed by atoms with Crippen molar-refractivity contribution in [1.82, 2.24) is 9.88 Å². The highest BCUT2D eigenvalue weighted by atomic mass is 16.3. The zero-order valence-electron chi connectivity index (χ0n) is 16.7. The fourth-order valence-electron chi connectivity index (χ4n) is 4.47. The molecule has 1 aliphatic carbocycles. The van der Waals surface area contributed by atoms with E-state index in [0.717, 1.165) is 44.1 Å². The van der Waals surface area contributed by atoms with Gasteiger partial charge in [-0.25, -0.2) is 0 Å². The van der Waals surface area contributed by atoms with Crippen molar-refractivity contribution in [3.63, 3.8) is 0 Å². The second kappa shape index (κ2) is 8.19. The molecule has 4 rings (SSSR count). The van der Waals surface area contributed by atoms with Crippen LogP contribution in [0.5, 0.6) is 0 Å². The largest absolute Gasteiger partial charge is 0.507 e. The van der Waals surface area contributed by atoms with Crippen molar-refractivity contribution in [2.24, 2.45) is 0 Å². The van der Waals surface area contributed by atoms with Crippen molar-refractivity contribution >= 4 is 17.4 Å². The number of ketones is 1. The number of nitrogens with zero attached hydrogens (tertiary/aromatic N) is 2. The van der Waals surface area contributed by atoms with Crippen molar-refractivity contribution in [1.29, 1.82) is 0 Å². The summed E-state index contributed by atoms with van der Waals surface area (Å²) < 4.78 is 0. The average molecular weight is 390 g/mol. The predicted molar refractivity (Wildman–Crippen MR) is 111 cm³/mol. The normalized spacial score (nSPS) is 22.2. The fraction of sp³-hybridized carbons (Fsp3) is 0.375. The van der Waals surface area contributed by atoms with Crippen LogP contribution in [0.15, 0.2) is 54.2 Å². The molecule has 0 spiro atoms. The van der Waals surface area contributed by atoms with E-state index >= 15 is 0 Å². The first-order chi connectivity index (χ1) is 14.1. The Kier molecular flexibility index (Phi) is 5.47. The molecule has 1 aromatic heterocycles. The lowest BCUT2D eigenvalue weighted by atomic mass is 9.92. The van der Waals surface area contributed by atoms with Gasteiger partial charge in [0.05, 0.1) is 11.3 Å². The third-order valence-corrected chi connectivity index (χ3v) is 6.05. The summed E-state index contributed by atoms with van der Waals surface area (Å²) in [4.78, 5) is 32.2. The first kappa shape index (κ1) is 19.4. The second-order valence-electron chi connectivity index (χ2n) is 7.80. The van der Waals surface area contributed by atoms with Crippen LogP contribution in [0.3, 0.4) is 0 Å². The molecule has 2 aromatic rings. The molecule has 5 nitrogen and oxygen atoms in total. The van der Waals surface area contributed by atoms with Crippen LogP contribution in [-0.4, -0.2) is 32.7 Å². The molecule has 1 unspecified atom stereocenters. The van der Waals surface area contributed by atoms with E-state index in [0.29, 0.717) is 11.3 Å². The Hall–Kier alpha value is -2.95. The minimum Gasteiger partial charge on any atom is -0.507 e. The summed E-state index contributed by atoms with van der Waals surface area (Å²) in [6, 6.07) is 12.3. The van der Waals surface area contributed by atoms with E-state index in [2.05, 4.69) is 11.9 Å². The number of pyridine rings is 1. The molecule has 2 aliphatic rings. The Morgan fingerprint density at radius 3 is 2.41 bits per heavy atom. The third-order valence-electron chi connectivity index (χ3n) is 6.05. The van der Waals surface area contributed by atoms with Crippen molar-refractivity contribution < 1.29 is 14.7 Å². The number of amides is 1. The summed E-state index contributed by atoms with van der Waals surface area (Å²) >= 11 is 0. The molecule has 29 heavy (non-hydrogen) atoms. The van der Waals surface area contributed by atoms with E-state index in [-0.39, 0.29) is 17.4 Å². The van der Waals surface area contributed by atoms with Gasteiger partial charge in [0, 0.05) is 17.8 Å². The lowest BCUT2D eigenvalue weighted by molar-refractivity contribution is -0.141. The summed E-state index contributed by atoms with van der Waals surface area (Å²) in [5.41, 5.74) is 2.45. The first-order valence-corrected chi connectivity index (χ1v) is 10.4. The number of aliphatic hydroxyl groups excluding tert-OH is 1. The second-order valence-corrected chi connectivity index (χ2v) is 7.80. The van der Waals surface area contributed by atoms with E-state index in [1.807, 2.05) is 24.3 Å². The van der Waals surface area contributed by atoms with Gasteiger partial charge in [-0.15, -0.1) is 0 Å². The predicted octanol–water partition coefficient (Wildman–Crippen LogP) is 4.40. The Balaban J connectivity index is 1.83. The van der Waals surface area contributed by atoms with Crippen LogP contribution < -0.4 is 0 Å². The molecule has 1 atom stereocenters. The Bertz CT molecular complexity index is 928. The zero-order chi connectivity index (χ0) is 20.4. The van der Waals surface area contributed by atoms with Crippen molar-refractivity contribution in [2.75, 3.05) is 0 Å². The number of hydrogen-bond donors (Lipinski definition) is 1. The quantitative estimate of drug-likeness (QED) is 0.477. The van der Waals surface area contributed by atoms with Crippen LogP contribution in [0.2, 0.25) is 0 Å². The summed E-state index contributed by atoms with van der Waals surface area (Å²) in [5, 5.41) is 11.1. The molecule has 1 saturated carbocycles. The molecule has 150 valence electrons. The number of likely N-dealkylation sites (tertiary alicyclic amines) is 1. The molecule has 0 radical (unpaired) electrons. The molecule has 1 saturated heterocycles. The van der Waals surface area contributed by atoms with E-state index in [4.69, 9.17) is 0 Å². The molecule has 1 aliphatic heterocycles. The summed E-state index contributed by atoms with van der Waals surface area (Å²) in [5.74, 6) is -1.28. The van der Waals surface area contributed by atoms with Gasteiger partial charge in [0.25, 0.3) is 11.7 Å². The zero-order valence-corrected chi connectivity index (χ0v) is 16.7. The van der Waals surface area contributed by atoms with Gasteiger partial charge in [-0.1, -0.05) is 56.5 Å². The van der Waals surface area contributed by atoms with Crippen LogP contribution in [0.4, 0.5) is 0 Å². The topological polar surface area (TPSA) is 70.5 Å². The van der Waals surface area contributed by atoms with Gasteiger partial charge in [0.2, 0.25) is 0 Å². The van der Waals surface area contributed by atoms with Gasteiger partial charge >= 0.3 is 0 Å². The number of benzene rings is 1. The first-order valence-electron chi connectivity index (χ1n) is 10.4. The molecule has 1 N–H and O–H groups in total. The van der Waals surface area contributed by atoms with E-state index < -0.39 is 17.7 Å². The number of rotatable bonds is 4. The average Bonchev–Trinajstić information content (AvgIpc) is 3.05. The minimum atomic E-state index is -0.648. The van der Waals surface area contributed by atoms with Gasteiger partial charge in [-0.2, -0.15) is 0 Å². The van der Waals surface area contributed by atoms with Crippen molar-refractivity contribution in [3.8, 4) is 0 Å². The molecule has 2 heterocycles. The summed E-state index contributed by atoms with van der Waals surface area (Å²) in [6.45, 7) is 2.06. The maximum Gasteiger partial charge on any atom is 0.295 e. The maximum atomic E-state index is 13.0. The lowest BCUT2D eigenvalue weighted by Gasteiger charge is -2.35. The molecular formula is C24H26N2O3. The van der Waals surface area contributed by atoms with Gasteiger partial charge in [0.1, 0.15) is 11.8 Å². The Morgan fingerprint density at radius 1 is 1.07 bits per heavy atom. The standard InChI is InChI=1S/C24H26N2O3/c1-2-16-11-13-17(14-12-16)22(27)20-21(19-10-6-7-15-25-19)26(24(29)23(20)28)18-8-4-3-5-9-18/h6-7,10-15,18,21,27H,2-5,8-9H2,1H3/b22-20-. The lowest BCUT2D eigenvalue weighted by Crippen LogP contribution is -2.40. The van der Waals surface area contributed by atoms with Crippen LogP contribution in [0.25, 0.3) is 5.76 Å². The smallest absolute Gasteiger partial charge is 0.295 e. The maximum absolute atomic E-state index is 13.0. The summed E-state index contributed by atoms with van der Waals surface area (Å²) in [7, 11) is 0. The number of aliphatic hydroxyl groups is 1. The Labute approximate surface area is 171 Å². The molecule has 2 fully saturated rings. The number of aryl methyl sites for hydroxylation is 1. The number of Topliss-reactive ketones (excluding diaryl/α,β-unsaturated/α-hetero) is 1. The highest BCUT2D eigenvalue weighted by Gasteiger charge is 2.49. The van der Waals surface area contributed by atoms with Gasteiger partial charge in [-0.3, -0.25) is 14.6 Å². The van der Waals surface area contributed by atoms with Crippen molar-refractivity contribution in [2.45, 2.75) is 57.5 Å². The Morgan fingerprint density at radius 2 is 1.79 bits per heavy atom. The van der Waals surface area contributed by atoms with Crippen LogP contribution in [0, 0.1) is 0 Å². The van der Waals surface area contributed by atoms with E-state index in [1.165, 1.54) is 0 Å². The summed E-state index contributed by atoms with van der Waals surface area (Å²) in [6.07, 6.45) is 7.54. The SMILES string of the molecule is CCc1ccc(/C(O)=C2/C(=O)C(=O)N(C3CCCCC3)C2c2ccccn2)cc1. The van der Waals surface area contributed by atoms with Crippen molar-refractivity contribution in [3.05, 3.63) is 71.1 Å². The molecule has 1 amide bonds. The minimum absolute atomic E-state index is 0.0000245. The van der Waals surface area contributed by atoms with E-state index in [9.17, 15) is 14.7 Å². The fourth-order valence-corrected chi connectivity index (χ4v) is 4.47. The highest BCUT2D eigenvalue weighted by Crippen LogP contribution is 2.42. The third kappa shape index (κ3) is 3.57. The van der Waals surface area contributed by atoms with Gasteiger partial charge in [0.15, 0.2) is 0 Å². The number of carbonyl (C=O) groups is 2. The molecule has 1 aromatic carbocycles. The molecular weight excluding hydrogens is 364 g/mol. The highest BCUT2D eigenvalue weighted by molar-refractivity contribution is 6.46. The van der Waals surface area contributed by atoms with Crippen LogP contribution in [-0.2, 0) is 16.0 Å². The number of hydrogen-bond acceptors (Lipinski definition) is 4.